The third-order valence-electron chi connectivity index (χ3n) is 8.08. The van der Waals surface area contributed by atoms with Crippen LogP contribution in [0.2, 0.25) is 5.02 Å². The molecule has 2 aromatic carbocycles. The maximum atomic E-state index is 13.5. The van der Waals surface area contributed by atoms with Crippen LogP contribution in [0.3, 0.4) is 0 Å². The number of hydrogen-bond acceptors (Lipinski definition) is 8. The number of nitrogens with one attached hydrogen (secondary N) is 1. The smallest absolute Gasteiger partial charge is 0.281 e. The van der Waals surface area contributed by atoms with Crippen molar-refractivity contribution in [1.82, 2.24) is 29.0 Å². The summed E-state index contributed by atoms with van der Waals surface area (Å²) in [6.45, 7) is 2.27. The Morgan fingerprint density at radius 1 is 1.07 bits per heavy atom. The Hall–Kier alpha value is -3.52. The maximum absolute atomic E-state index is 13.5. The number of aliphatic hydroxyl groups is 1. The normalized spacial score (nSPS) is 15.3. The molecule has 1 aliphatic heterocycles. The van der Waals surface area contributed by atoms with E-state index in [1.54, 1.807) is 18.0 Å². The van der Waals surface area contributed by atoms with E-state index in [0.717, 1.165) is 34.3 Å². The highest BCUT2D eigenvalue weighted by Crippen LogP contribution is 2.30. The quantitative estimate of drug-likeness (QED) is 0.238. The maximum Gasteiger partial charge on any atom is 0.281 e. The summed E-state index contributed by atoms with van der Waals surface area (Å²) in [7, 11) is -1.55. The van der Waals surface area contributed by atoms with Gasteiger partial charge >= 0.3 is 0 Å². The first-order chi connectivity index (χ1) is 21.0. The molecule has 14 heteroatoms. The summed E-state index contributed by atoms with van der Waals surface area (Å²) < 4.78 is 33.8. The number of furan rings is 1. The molecule has 0 aliphatic carbocycles. The van der Waals surface area contributed by atoms with Gasteiger partial charge in [0.25, 0.3) is 5.56 Å². The lowest BCUT2D eigenvalue weighted by Crippen LogP contribution is -2.47. The lowest BCUT2D eigenvalue weighted by Gasteiger charge is -2.38. The zero-order chi connectivity index (χ0) is 31.1. The van der Waals surface area contributed by atoms with E-state index in [1.165, 1.54) is 10.9 Å². The molecule has 5 aromatic rings. The second-order valence-corrected chi connectivity index (χ2v) is 13.7. The Bertz CT molecular complexity index is 1970. The van der Waals surface area contributed by atoms with Gasteiger partial charge in [-0.15, -0.1) is 12.4 Å². The molecule has 2 N–H and O–H groups in total. The average Bonchev–Trinajstić information content (AvgIpc) is 3.64. The summed E-state index contributed by atoms with van der Waals surface area (Å²) in [4.78, 5) is 20.3. The van der Waals surface area contributed by atoms with E-state index >= 15 is 0 Å². The van der Waals surface area contributed by atoms with Gasteiger partial charge in [-0.2, -0.15) is 5.10 Å². The molecule has 0 saturated carbocycles. The molecular weight excluding hydrogens is 639 g/mol. The van der Waals surface area contributed by atoms with Gasteiger partial charge in [0.1, 0.15) is 11.3 Å². The van der Waals surface area contributed by atoms with Crippen LogP contribution in [0.1, 0.15) is 24.0 Å². The van der Waals surface area contributed by atoms with Crippen molar-refractivity contribution in [2.24, 2.45) is 7.05 Å². The second-order valence-electron chi connectivity index (χ2n) is 11.4. The highest BCUT2D eigenvalue weighted by molar-refractivity contribution is 7.88. The molecule has 0 radical (unpaired) electrons. The van der Waals surface area contributed by atoms with Gasteiger partial charge in [-0.1, -0.05) is 48.0 Å². The fraction of sp³-hybridized carbons (Fsp3) is 0.323. The zero-order valence-corrected chi connectivity index (χ0v) is 27.2. The third kappa shape index (κ3) is 7.32. The molecule has 1 fully saturated rings. The van der Waals surface area contributed by atoms with Gasteiger partial charge in [-0.05, 0) is 42.2 Å². The number of nitrogens with zero attached hydrogens (tertiary/aromatic N) is 5. The molecule has 4 heterocycles. The number of sulfonamides is 1. The summed E-state index contributed by atoms with van der Waals surface area (Å²) in [6, 6.07) is 17.0. The number of hydrogen-bond donors (Lipinski definition) is 2. The van der Waals surface area contributed by atoms with Crippen LogP contribution in [0.25, 0.3) is 33.6 Å². The number of halogens is 2. The number of likely N-dealkylation sites (tertiary alicyclic amines) is 1. The first-order valence-corrected chi connectivity index (χ1v) is 16.5. The van der Waals surface area contributed by atoms with Crippen molar-refractivity contribution in [2.45, 2.75) is 38.1 Å². The van der Waals surface area contributed by atoms with Crippen LogP contribution in [-0.4, -0.2) is 62.7 Å². The van der Waals surface area contributed by atoms with Crippen LogP contribution in [-0.2, 0) is 36.7 Å². The summed E-state index contributed by atoms with van der Waals surface area (Å²) in [5, 5.41) is 16.6. The van der Waals surface area contributed by atoms with Crippen molar-refractivity contribution in [3.8, 4) is 22.6 Å². The highest BCUT2D eigenvalue weighted by atomic mass is 35.5. The van der Waals surface area contributed by atoms with Crippen LogP contribution < -0.4 is 10.3 Å². The molecule has 45 heavy (non-hydrogen) atoms. The Labute approximate surface area is 271 Å². The minimum absolute atomic E-state index is 0. The molecule has 0 bridgehead atoms. The molecule has 238 valence electrons. The molecule has 3 aromatic heterocycles. The van der Waals surface area contributed by atoms with Crippen LogP contribution in [0.15, 0.2) is 76.4 Å². The number of aromatic nitrogens is 4. The molecule has 0 atom stereocenters. The van der Waals surface area contributed by atoms with E-state index in [0.29, 0.717) is 48.7 Å². The third-order valence-corrected chi connectivity index (χ3v) is 9.10. The average molecular weight is 674 g/mol. The first-order valence-electron chi connectivity index (χ1n) is 14.2. The van der Waals surface area contributed by atoms with Gasteiger partial charge < -0.3 is 9.52 Å². The van der Waals surface area contributed by atoms with E-state index in [-0.39, 0.29) is 36.6 Å². The van der Waals surface area contributed by atoms with E-state index in [1.807, 2.05) is 54.6 Å². The van der Waals surface area contributed by atoms with Crippen LogP contribution in [0.5, 0.6) is 0 Å². The predicted molar refractivity (Wildman–Crippen MR) is 176 cm³/mol. The van der Waals surface area contributed by atoms with Gasteiger partial charge in [0.15, 0.2) is 5.52 Å². The van der Waals surface area contributed by atoms with Gasteiger partial charge in [0, 0.05) is 49.4 Å². The Morgan fingerprint density at radius 2 is 1.78 bits per heavy atom. The molecule has 0 unspecified atom stereocenters. The molecule has 0 spiro atoms. The van der Waals surface area contributed by atoms with Gasteiger partial charge in [-0.25, -0.2) is 18.1 Å². The van der Waals surface area contributed by atoms with E-state index < -0.39 is 15.6 Å². The van der Waals surface area contributed by atoms with E-state index in [9.17, 15) is 18.3 Å². The number of fused-ring (bicyclic) bond motifs is 1. The SMILES string of the molecule is Cl.Cn1nc2c(=O)n(CC3(O)CCN(Cc4ccc(-c5ccco5)cc4Cl)CC3)cnc2c1-c1ccc(CNS(C)(=O)=O)cc1. The van der Waals surface area contributed by atoms with Crippen molar-refractivity contribution in [2.75, 3.05) is 19.3 Å². The van der Waals surface area contributed by atoms with E-state index in [4.69, 9.17) is 16.0 Å². The van der Waals surface area contributed by atoms with Gasteiger partial charge in [0.05, 0.1) is 36.7 Å². The van der Waals surface area contributed by atoms with Crippen molar-refractivity contribution < 1.29 is 17.9 Å². The first kappa shape index (κ1) is 32.9. The topological polar surface area (TPSA) is 135 Å². The minimum atomic E-state index is -3.30. The van der Waals surface area contributed by atoms with Crippen molar-refractivity contribution >= 4 is 45.1 Å². The minimum Gasteiger partial charge on any atom is -0.464 e. The summed E-state index contributed by atoms with van der Waals surface area (Å²) in [6.07, 6.45) is 5.21. The summed E-state index contributed by atoms with van der Waals surface area (Å²) >= 11 is 6.59. The Kier molecular flexibility index (Phi) is 9.54. The second kappa shape index (κ2) is 13.1. The van der Waals surface area contributed by atoms with Crippen molar-refractivity contribution in [1.29, 1.82) is 0 Å². The van der Waals surface area contributed by atoms with Gasteiger partial charge in [0.2, 0.25) is 10.0 Å². The standard InChI is InChI=1S/C31H33ClN6O5S.ClH/c1-36-29(22-7-5-21(6-8-22)17-34-44(2,41)42)27-28(35-36)30(39)38(20-33-27)19-31(40)11-13-37(14-12-31)18-24-10-9-23(16-25(24)32)26-4-3-15-43-26;/h3-10,15-16,20,34,40H,11-14,17-19H2,1-2H3;1H. The number of aryl methyl sites for hydroxylation is 1. The van der Waals surface area contributed by atoms with Crippen molar-refractivity contribution in [3.63, 3.8) is 0 Å². The molecular formula is C31H34Cl2N6O5S. The fourth-order valence-electron chi connectivity index (χ4n) is 5.64. The van der Waals surface area contributed by atoms with Crippen LogP contribution >= 0.6 is 24.0 Å². The molecule has 11 nitrogen and oxygen atoms in total. The molecule has 1 aliphatic rings. The Balaban J connectivity index is 0.00000400. The summed E-state index contributed by atoms with van der Waals surface area (Å²) in [5.41, 5.74) is 3.51. The molecule has 1 saturated heterocycles. The lowest BCUT2D eigenvalue weighted by atomic mass is 9.91. The number of benzene rings is 2. The largest absolute Gasteiger partial charge is 0.464 e. The van der Waals surface area contributed by atoms with Gasteiger partial charge in [-0.3, -0.25) is 18.9 Å². The molecule has 6 rings (SSSR count). The number of rotatable bonds is 9. The van der Waals surface area contributed by atoms with E-state index in [2.05, 4.69) is 19.7 Å². The molecule has 0 amide bonds. The Morgan fingerprint density at radius 3 is 2.42 bits per heavy atom. The lowest BCUT2D eigenvalue weighted by molar-refractivity contribution is -0.0364. The monoisotopic (exact) mass is 672 g/mol. The number of piperidine rings is 1. The zero-order valence-electron chi connectivity index (χ0n) is 24.8. The predicted octanol–water partition coefficient (Wildman–Crippen LogP) is 4.21. The highest BCUT2D eigenvalue weighted by Gasteiger charge is 2.33. The summed E-state index contributed by atoms with van der Waals surface area (Å²) in [5.74, 6) is 0.766. The fourth-order valence-corrected chi connectivity index (χ4v) is 6.31. The van der Waals surface area contributed by atoms with Crippen molar-refractivity contribution in [3.05, 3.63) is 93.7 Å². The van der Waals surface area contributed by atoms with Crippen LogP contribution in [0.4, 0.5) is 0 Å². The van der Waals surface area contributed by atoms with Crippen LogP contribution in [0, 0.1) is 0 Å².